The summed E-state index contributed by atoms with van der Waals surface area (Å²) < 4.78 is 0. The molecule has 1 aromatic rings. The van der Waals surface area contributed by atoms with Crippen LogP contribution in [0.3, 0.4) is 0 Å². The molecule has 0 saturated carbocycles. The van der Waals surface area contributed by atoms with Crippen molar-refractivity contribution in [1.82, 2.24) is 10.2 Å². The number of fused-ring (bicyclic) bond motifs is 1. The Morgan fingerprint density at radius 3 is 2.90 bits per heavy atom. The van der Waals surface area contributed by atoms with E-state index in [1.165, 1.54) is 11.1 Å². The largest absolute Gasteiger partial charge is 0.315 e. The molecular formula is C22H25N3O2S2. The van der Waals surface area contributed by atoms with E-state index in [1.54, 1.807) is 16.7 Å². The number of aryl methyl sites for hydroxylation is 1. The van der Waals surface area contributed by atoms with Gasteiger partial charge >= 0.3 is 0 Å². The van der Waals surface area contributed by atoms with Gasteiger partial charge in [0.15, 0.2) is 0 Å². The highest BCUT2D eigenvalue weighted by molar-refractivity contribution is 7.99. The monoisotopic (exact) mass is 427 g/mol. The van der Waals surface area contributed by atoms with Crippen molar-refractivity contribution < 1.29 is 9.59 Å². The van der Waals surface area contributed by atoms with Crippen molar-refractivity contribution in [1.29, 1.82) is 5.26 Å². The number of ketones is 1. The van der Waals surface area contributed by atoms with E-state index in [0.29, 0.717) is 35.4 Å². The first-order valence-electron chi connectivity index (χ1n) is 10.2. The van der Waals surface area contributed by atoms with E-state index in [9.17, 15) is 14.9 Å². The fourth-order valence-corrected chi connectivity index (χ4v) is 6.12. The van der Waals surface area contributed by atoms with Crippen LogP contribution in [0.25, 0.3) is 0 Å². The van der Waals surface area contributed by atoms with Gasteiger partial charge in [0, 0.05) is 23.6 Å². The Hall–Kier alpha value is -1.75. The molecular weight excluding hydrogens is 402 g/mol. The van der Waals surface area contributed by atoms with Gasteiger partial charge in [0.05, 0.1) is 17.9 Å². The van der Waals surface area contributed by atoms with Gasteiger partial charge in [0.2, 0.25) is 5.91 Å². The summed E-state index contributed by atoms with van der Waals surface area (Å²) in [5.74, 6) is 0.997. The number of benzene rings is 1. The molecule has 1 amide bonds. The van der Waals surface area contributed by atoms with Crippen molar-refractivity contribution in [2.45, 2.75) is 44.2 Å². The van der Waals surface area contributed by atoms with E-state index in [-0.39, 0.29) is 11.7 Å². The molecule has 2 saturated heterocycles. The average Bonchev–Trinajstić information content (AvgIpc) is 3.37. The Kier molecular flexibility index (Phi) is 6.33. The summed E-state index contributed by atoms with van der Waals surface area (Å²) in [6.07, 6.45) is 4.50. The molecule has 2 heterocycles. The summed E-state index contributed by atoms with van der Waals surface area (Å²) >= 11 is 7.02. The van der Waals surface area contributed by atoms with Crippen LogP contribution in [0.15, 0.2) is 24.3 Å². The van der Waals surface area contributed by atoms with Crippen molar-refractivity contribution in [3.05, 3.63) is 35.4 Å². The number of amides is 1. The van der Waals surface area contributed by atoms with Gasteiger partial charge in [-0.25, -0.2) is 0 Å². The number of nitrogens with zero attached hydrogens (tertiary/aromatic N) is 2. The second-order valence-corrected chi connectivity index (χ2v) is 9.66. The Morgan fingerprint density at radius 1 is 1.31 bits per heavy atom. The van der Waals surface area contributed by atoms with Crippen LogP contribution in [0.2, 0.25) is 0 Å². The Labute approximate surface area is 181 Å². The van der Waals surface area contributed by atoms with Crippen LogP contribution in [-0.4, -0.2) is 51.7 Å². The number of Topliss-reactive ketones (excluding diaryl/α,β-unsaturated/α-hetero) is 1. The van der Waals surface area contributed by atoms with Gasteiger partial charge in [0.25, 0.3) is 0 Å². The predicted octanol–water partition coefficient (Wildman–Crippen LogP) is 2.52. The molecule has 4 rings (SSSR count). The van der Waals surface area contributed by atoms with Crippen LogP contribution in [-0.2, 0) is 22.4 Å². The highest BCUT2D eigenvalue weighted by Gasteiger charge is 2.44. The lowest BCUT2D eigenvalue weighted by Crippen LogP contribution is -2.50. The van der Waals surface area contributed by atoms with Crippen LogP contribution >= 0.6 is 24.0 Å². The van der Waals surface area contributed by atoms with Gasteiger partial charge in [0.1, 0.15) is 17.9 Å². The minimum atomic E-state index is -0.614. The fraction of sp³-hybridized carbons (Fsp3) is 0.545. The zero-order chi connectivity index (χ0) is 20.4. The molecule has 0 spiro atoms. The predicted molar refractivity (Wildman–Crippen MR) is 118 cm³/mol. The molecule has 1 aliphatic carbocycles. The minimum absolute atomic E-state index is 0.0672. The van der Waals surface area contributed by atoms with E-state index < -0.39 is 18.0 Å². The summed E-state index contributed by atoms with van der Waals surface area (Å²) in [5.41, 5.74) is 2.83. The van der Waals surface area contributed by atoms with E-state index in [1.807, 2.05) is 0 Å². The molecule has 29 heavy (non-hydrogen) atoms. The Morgan fingerprint density at radius 2 is 2.10 bits per heavy atom. The van der Waals surface area contributed by atoms with Crippen LogP contribution in [0.5, 0.6) is 0 Å². The van der Waals surface area contributed by atoms with Crippen molar-refractivity contribution in [2.75, 3.05) is 18.2 Å². The molecule has 3 aliphatic rings. The zero-order valence-corrected chi connectivity index (χ0v) is 17.9. The van der Waals surface area contributed by atoms with Crippen LogP contribution < -0.4 is 5.32 Å². The number of thiocarbonyl (C=S) groups is 1. The van der Waals surface area contributed by atoms with Gasteiger partial charge in [-0.1, -0.05) is 36.5 Å². The first-order chi connectivity index (χ1) is 14.1. The third-order valence-electron chi connectivity index (χ3n) is 6.35. The number of rotatable bonds is 5. The quantitative estimate of drug-likeness (QED) is 0.728. The lowest BCUT2D eigenvalue weighted by molar-refractivity contribution is -0.136. The standard InChI is InChI=1S/C22H25N3O2S2/c23-10-17-12-29-13-25(17)22(27)21-20(19(28)11-24-21)18(26)8-6-14-5-7-15-3-1-2-4-16(15)9-14/h1-4,14,17,20-21,24H,5-9,11-13H2/t14-,17+,20?,21-/m0/s1. The molecule has 0 aromatic heterocycles. The molecule has 0 bridgehead atoms. The smallest absolute Gasteiger partial charge is 0.242 e. The highest BCUT2D eigenvalue weighted by Crippen LogP contribution is 2.30. The summed E-state index contributed by atoms with van der Waals surface area (Å²) in [4.78, 5) is 28.3. The maximum absolute atomic E-state index is 13.1. The third-order valence-corrected chi connectivity index (χ3v) is 7.76. The SMILES string of the molecule is N#C[C@@H]1CSCN1C(=O)[C@H]1NCC(=S)C1C(=O)CC[C@@H]1CCc2ccccc2C1. The normalized spacial score (nSPS) is 28.8. The number of thioether (sulfide) groups is 1. The van der Waals surface area contributed by atoms with Crippen LogP contribution in [0.4, 0.5) is 0 Å². The topological polar surface area (TPSA) is 73.2 Å². The molecule has 1 N–H and O–H groups in total. The van der Waals surface area contributed by atoms with E-state index in [0.717, 1.165) is 25.7 Å². The fourth-order valence-electron chi connectivity index (χ4n) is 4.69. The molecule has 2 aliphatic heterocycles. The first kappa shape index (κ1) is 20.5. The first-order valence-corrected chi connectivity index (χ1v) is 11.8. The van der Waals surface area contributed by atoms with Crippen LogP contribution in [0, 0.1) is 23.2 Å². The molecule has 1 aromatic carbocycles. The molecule has 1 unspecified atom stereocenters. The number of carbonyl (C=O) groups excluding carboxylic acids is 2. The third kappa shape index (κ3) is 4.25. The van der Waals surface area contributed by atoms with Crippen LogP contribution in [0.1, 0.15) is 30.4 Å². The Balaban J connectivity index is 1.37. The summed E-state index contributed by atoms with van der Waals surface area (Å²) in [6.45, 7) is 0.414. The van der Waals surface area contributed by atoms with Gasteiger partial charge in [-0.05, 0) is 42.7 Å². The maximum Gasteiger partial charge on any atom is 0.242 e. The highest BCUT2D eigenvalue weighted by atomic mass is 32.2. The second-order valence-electron chi connectivity index (χ2n) is 8.14. The number of hydrogen-bond donors (Lipinski definition) is 1. The molecule has 152 valence electrons. The lowest BCUT2D eigenvalue weighted by atomic mass is 9.80. The molecule has 5 nitrogen and oxygen atoms in total. The number of nitriles is 1. The average molecular weight is 428 g/mol. The molecule has 0 radical (unpaired) electrons. The van der Waals surface area contributed by atoms with E-state index in [4.69, 9.17) is 12.2 Å². The lowest BCUT2D eigenvalue weighted by Gasteiger charge is -2.27. The minimum Gasteiger partial charge on any atom is -0.315 e. The number of carbonyl (C=O) groups is 2. The van der Waals surface area contributed by atoms with Gasteiger partial charge in [-0.15, -0.1) is 11.8 Å². The zero-order valence-electron chi connectivity index (χ0n) is 16.3. The van der Waals surface area contributed by atoms with Crippen molar-refractivity contribution in [3.8, 4) is 6.07 Å². The van der Waals surface area contributed by atoms with Gasteiger partial charge in [-0.3, -0.25) is 9.59 Å². The van der Waals surface area contributed by atoms with E-state index >= 15 is 0 Å². The van der Waals surface area contributed by atoms with Gasteiger partial charge in [-0.2, -0.15) is 5.26 Å². The molecule has 4 atom stereocenters. The Bertz CT molecular complexity index is 866. The second kappa shape index (κ2) is 8.95. The summed E-state index contributed by atoms with van der Waals surface area (Å²) in [5, 5.41) is 12.4. The molecule has 2 fully saturated rings. The number of hydrogen-bond acceptors (Lipinski definition) is 6. The number of nitrogens with one attached hydrogen (secondary N) is 1. The summed E-state index contributed by atoms with van der Waals surface area (Å²) in [7, 11) is 0. The summed E-state index contributed by atoms with van der Waals surface area (Å²) in [6, 6.07) is 9.71. The van der Waals surface area contributed by atoms with Gasteiger partial charge < -0.3 is 10.2 Å². The van der Waals surface area contributed by atoms with Crippen molar-refractivity contribution in [3.63, 3.8) is 0 Å². The van der Waals surface area contributed by atoms with Crippen molar-refractivity contribution in [2.24, 2.45) is 11.8 Å². The van der Waals surface area contributed by atoms with E-state index in [2.05, 4.69) is 35.7 Å². The molecule has 7 heteroatoms. The van der Waals surface area contributed by atoms with Crippen molar-refractivity contribution >= 4 is 40.5 Å². The maximum atomic E-state index is 13.1.